The van der Waals surface area contributed by atoms with Crippen molar-refractivity contribution in [3.8, 4) is 0 Å². The van der Waals surface area contributed by atoms with Crippen LogP contribution in [0.25, 0.3) is 0 Å². The molecule has 0 bridgehead atoms. The number of hydrogen-bond acceptors (Lipinski definition) is 4. The highest BCUT2D eigenvalue weighted by Gasteiger charge is 2.54. The third kappa shape index (κ3) is 2.70. The van der Waals surface area contributed by atoms with Gasteiger partial charge in [-0.25, -0.2) is 9.59 Å². The van der Waals surface area contributed by atoms with E-state index in [0.29, 0.717) is 17.7 Å². The van der Waals surface area contributed by atoms with Gasteiger partial charge in [0.25, 0.3) is 11.8 Å². The van der Waals surface area contributed by atoms with E-state index in [9.17, 15) is 19.2 Å². The van der Waals surface area contributed by atoms with E-state index in [1.165, 1.54) is 0 Å². The second-order valence-electron chi connectivity index (χ2n) is 6.58. The smallest absolute Gasteiger partial charge is 0.326 e. The molecule has 2 N–H and O–H groups in total. The third-order valence-electron chi connectivity index (χ3n) is 4.97. The number of amides is 6. The number of benzene rings is 2. The van der Waals surface area contributed by atoms with Crippen molar-refractivity contribution in [2.24, 2.45) is 0 Å². The Bertz CT molecular complexity index is 906. The van der Waals surface area contributed by atoms with E-state index in [-0.39, 0.29) is 6.54 Å². The molecule has 142 valence electrons. The van der Waals surface area contributed by atoms with Gasteiger partial charge in [0.2, 0.25) is 0 Å². The van der Waals surface area contributed by atoms with Gasteiger partial charge >= 0.3 is 12.1 Å². The Morgan fingerprint density at radius 1 is 0.893 bits per heavy atom. The van der Waals surface area contributed by atoms with Gasteiger partial charge < -0.3 is 10.6 Å². The summed E-state index contributed by atoms with van der Waals surface area (Å²) in [5.74, 6) is -1.15. The van der Waals surface area contributed by atoms with Crippen molar-refractivity contribution in [1.29, 1.82) is 0 Å². The fraction of sp³-hybridized carbons (Fsp3) is 0.200. The summed E-state index contributed by atoms with van der Waals surface area (Å²) in [6, 6.07) is 16.6. The molecule has 2 aliphatic heterocycles. The molecule has 2 aromatic rings. The lowest BCUT2D eigenvalue weighted by atomic mass is 9.82. The predicted octanol–water partition coefficient (Wildman–Crippen LogP) is 1.03. The number of urea groups is 2. The topological polar surface area (TPSA) is 98.8 Å². The number of nitrogens with zero attached hydrogens (tertiary/aromatic N) is 2. The van der Waals surface area contributed by atoms with E-state index < -0.39 is 36.0 Å². The highest BCUT2D eigenvalue weighted by atomic mass is 16.2. The van der Waals surface area contributed by atoms with Crippen molar-refractivity contribution in [2.75, 3.05) is 19.6 Å². The van der Waals surface area contributed by atoms with Gasteiger partial charge in [-0.1, -0.05) is 60.7 Å². The number of carbonyl (C=O) groups is 4. The summed E-state index contributed by atoms with van der Waals surface area (Å²) in [6.07, 6.45) is 0. The van der Waals surface area contributed by atoms with Gasteiger partial charge in [0.05, 0.1) is 0 Å². The Kier molecular flexibility index (Phi) is 4.31. The van der Waals surface area contributed by atoms with Gasteiger partial charge in [-0.2, -0.15) is 0 Å². The molecule has 8 nitrogen and oxygen atoms in total. The minimum absolute atomic E-state index is 0.212. The summed E-state index contributed by atoms with van der Waals surface area (Å²) in [5.41, 5.74) is -0.241. The number of carbonyl (C=O) groups excluding carboxylic acids is 4. The maximum atomic E-state index is 13.4. The van der Waals surface area contributed by atoms with Gasteiger partial charge in [0.15, 0.2) is 5.54 Å². The quantitative estimate of drug-likeness (QED) is 0.777. The first-order valence-corrected chi connectivity index (χ1v) is 8.87. The van der Waals surface area contributed by atoms with Gasteiger partial charge in [-0.05, 0) is 11.1 Å². The molecule has 4 rings (SSSR count). The molecule has 2 fully saturated rings. The van der Waals surface area contributed by atoms with E-state index in [1.807, 2.05) is 12.1 Å². The lowest BCUT2D eigenvalue weighted by Crippen LogP contribution is -2.47. The fourth-order valence-electron chi connectivity index (χ4n) is 3.58. The highest BCUT2D eigenvalue weighted by molar-refractivity contribution is 6.12. The Morgan fingerprint density at radius 3 is 1.96 bits per heavy atom. The van der Waals surface area contributed by atoms with Crippen LogP contribution in [0.2, 0.25) is 0 Å². The normalized spacial score (nSPS) is 18.2. The predicted molar refractivity (Wildman–Crippen MR) is 99.0 cm³/mol. The number of nitrogens with one attached hydrogen (secondary N) is 2. The molecule has 28 heavy (non-hydrogen) atoms. The van der Waals surface area contributed by atoms with Crippen LogP contribution in [-0.2, 0) is 15.1 Å². The molecule has 0 saturated carbocycles. The highest BCUT2D eigenvalue weighted by Crippen LogP contribution is 2.35. The summed E-state index contributed by atoms with van der Waals surface area (Å²) >= 11 is 0. The molecular formula is C20H18N4O4. The number of rotatable bonds is 4. The van der Waals surface area contributed by atoms with Crippen LogP contribution in [0.3, 0.4) is 0 Å². The molecule has 2 heterocycles. The second kappa shape index (κ2) is 6.80. The van der Waals surface area contributed by atoms with Gasteiger partial charge in [-0.3, -0.25) is 19.4 Å². The molecule has 2 saturated heterocycles. The summed E-state index contributed by atoms with van der Waals surface area (Å²) in [5, 5.41) is 5.30. The summed E-state index contributed by atoms with van der Waals surface area (Å²) in [4.78, 5) is 52.2. The zero-order chi connectivity index (χ0) is 19.7. The lowest BCUT2D eigenvalue weighted by Gasteiger charge is -2.28. The average Bonchev–Trinajstić information content (AvgIpc) is 3.26. The van der Waals surface area contributed by atoms with E-state index in [4.69, 9.17) is 0 Å². The first-order valence-electron chi connectivity index (χ1n) is 8.87. The minimum atomic E-state index is -1.42. The van der Waals surface area contributed by atoms with Crippen LogP contribution in [0, 0.1) is 0 Å². The Hall–Kier alpha value is -3.68. The molecule has 2 aliphatic rings. The van der Waals surface area contributed by atoms with Gasteiger partial charge in [-0.15, -0.1) is 0 Å². The van der Waals surface area contributed by atoms with Crippen LogP contribution in [0.15, 0.2) is 60.7 Å². The van der Waals surface area contributed by atoms with E-state index in [1.54, 1.807) is 48.5 Å². The number of imide groups is 2. The standard InChI is InChI=1S/C20H18N4O4/c25-16(23-12-11-21-18(23)27)13-24-17(26)20(22-19(24)28,14-7-3-1-4-8-14)15-9-5-2-6-10-15/h1-10H,11-13H2,(H,21,27)(H,22,28). The zero-order valence-electron chi connectivity index (χ0n) is 14.9. The molecular weight excluding hydrogens is 360 g/mol. The fourth-order valence-corrected chi connectivity index (χ4v) is 3.58. The Balaban J connectivity index is 1.71. The monoisotopic (exact) mass is 378 g/mol. The summed E-state index contributed by atoms with van der Waals surface area (Å²) in [7, 11) is 0. The first kappa shape index (κ1) is 17.7. The molecule has 0 radical (unpaired) electrons. The summed E-state index contributed by atoms with van der Waals surface area (Å²) in [6.45, 7) is 0.0615. The maximum absolute atomic E-state index is 13.4. The lowest BCUT2D eigenvalue weighted by molar-refractivity contribution is -0.136. The van der Waals surface area contributed by atoms with E-state index in [2.05, 4.69) is 10.6 Å². The Labute approximate surface area is 161 Å². The van der Waals surface area contributed by atoms with E-state index in [0.717, 1.165) is 9.80 Å². The van der Waals surface area contributed by atoms with Crippen LogP contribution >= 0.6 is 0 Å². The molecule has 0 unspecified atom stereocenters. The molecule has 6 amide bonds. The molecule has 0 aromatic heterocycles. The van der Waals surface area contributed by atoms with Crippen LogP contribution < -0.4 is 10.6 Å². The Morgan fingerprint density at radius 2 is 1.46 bits per heavy atom. The van der Waals surface area contributed by atoms with Crippen molar-refractivity contribution >= 4 is 23.9 Å². The third-order valence-corrected chi connectivity index (χ3v) is 4.97. The van der Waals surface area contributed by atoms with Gasteiger partial charge in [0, 0.05) is 13.1 Å². The molecule has 0 aliphatic carbocycles. The zero-order valence-corrected chi connectivity index (χ0v) is 14.9. The van der Waals surface area contributed by atoms with E-state index >= 15 is 0 Å². The average molecular weight is 378 g/mol. The van der Waals surface area contributed by atoms with Crippen LogP contribution in [0.4, 0.5) is 9.59 Å². The van der Waals surface area contributed by atoms with Crippen LogP contribution in [0.1, 0.15) is 11.1 Å². The van der Waals surface area contributed by atoms with Crippen molar-refractivity contribution in [3.05, 3.63) is 71.8 Å². The molecule has 0 spiro atoms. The molecule has 2 aromatic carbocycles. The SMILES string of the molecule is O=C(CN1C(=O)NC(c2ccccc2)(c2ccccc2)C1=O)N1CCNC1=O. The molecule has 8 heteroatoms. The number of hydrogen-bond donors (Lipinski definition) is 2. The summed E-state index contributed by atoms with van der Waals surface area (Å²) < 4.78 is 0. The van der Waals surface area contributed by atoms with Gasteiger partial charge in [0.1, 0.15) is 6.54 Å². The molecule has 0 atom stereocenters. The van der Waals surface area contributed by atoms with Crippen LogP contribution in [0.5, 0.6) is 0 Å². The first-order chi connectivity index (χ1) is 13.5. The largest absolute Gasteiger partial charge is 0.336 e. The van der Waals surface area contributed by atoms with Crippen LogP contribution in [-0.4, -0.2) is 53.3 Å². The second-order valence-corrected chi connectivity index (χ2v) is 6.58. The van der Waals surface area contributed by atoms with Crippen molar-refractivity contribution in [2.45, 2.75) is 5.54 Å². The van der Waals surface area contributed by atoms with Crippen molar-refractivity contribution < 1.29 is 19.2 Å². The van der Waals surface area contributed by atoms with Crippen molar-refractivity contribution in [1.82, 2.24) is 20.4 Å². The van der Waals surface area contributed by atoms with Crippen molar-refractivity contribution in [3.63, 3.8) is 0 Å². The minimum Gasteiger partial charge on any atom is -0.336 e. The maximum Gasteiger partial charge on any atom is 0.326 e.